The van der Waals surface area contributed by atoms with Crippen LogP contribution in [0.1, 0.15) is 103 Å². The molecule has 9 heteroatoms. The molecule has 0 spiro atoms. The van der Waals surface area contributed by atoms with Gasteiger partial charge in [0.05, 0.1) is 36.4 Å². The second-order valence-corrected chi connectivity index (χ2v) is 11.7. The van der Waals surface area contributed by atoms with Gasteiger partial charge in [-0.05, 0) is 93.7 Å². The van der Waals surface area contributed by atoms with E-state index in [1.165, 1.54) is 50.3 Å². The largest absolute Gasteiger partial charge is 0.494 e. The topological polar surface area (TPSA) is 131 Å². The molecule has 0 saturated heterocycles. The number of hydrogen-bond acceptors (Lipinski definition) is 6. The molecule has 2 aromatic rings. The standard InChI is InChI=1S/C34H45NO8/c36-32(35-27-10-6-9-25(22-27)33(37)38)30-23-26(34(39)40)15-18-31(30)43-21-7-8-24-13-16-29(17-14-24)42-20-5-4-19-41-28-11-2-1-3-12-28/h13-18,23,25,27-28H,1-12,19-22H2,(H,35,36)(H,37,38)(H,39,40)/t25-,27-/m1/s1. The molecule has 2 atom stereocenters. The number of carbonyl (C=O) groups excluding carboxylic acids is 1. The molecule has 0 aromatic heterocycles. The number of aliphatic carboxylic acids is 1. The third-order valence-electron chi connectivity index (χ3n) is 8.33. The second-order valence-electron chi connectivity index (χ2n) is 11.7. The van der Waals surface area contributed by atoms with Crippen LogP contribution in [-0.4, -0.2) is 60.0 Å². The fourth-order valence-corrected chi connectivity index (χ4v) is 5.86. The van der Waals surface area contributed by atoms with Gasteiger partial charge in [0.2, 0.25) is 0 Å². The van der Waals surface area contributed by atoms with Gasteiger partial charge in [-0.3, -0.25) is 9.59 Å². The third-order valence-corrected chi connectivity index (χ3v) is 8.33. The first-order valence-corrected chi connectivity index (χ1v) is 15.8. The van der Waals surface area contributed by atoms with Gasteiger partial charge in [0.1, 0.15) is 11.5 Å². The maximum Gasteiger partial charge on any atom is 0.335 e. The highest BCUT2D eigenvalue weighted by atomic mass is 16.5. The summed E-state index contributed by atoms with van der Waals surface area (Å²) < 4.78 is 17.8. The molecule has 4 rings (SSSR count). The van der Waals surface area contributed by atoms with Crippen LogP contribution in [-0.2, 0) is 16.0 Å². The lowest BCUT2D eigenvalue weighted by Crippen LogP contribution is -2.40. The van der Waals surface area contributed by atoms with Crippen LogP contribution in [0, 0.1) is 5.92 Å². The fraction of sp³-hybridized carbons (Fsp3) is 0.559. The molecule has 0 unspecified atom stereocenters. The van der Waals surface area contributed by atoms with Crippen molar-refractivity contribution >= 4 is 17.8 Å². The maximum absolute atomic E-state index is 13.1. The molecule has 0 radical (unpaired) electrons. The zero-order chi connectivity index (χ0) is 30.4. The first kappa shape index (κ1) is 32.3. The van der Waals surface area contributed by atoms with E-state index < -0.39 is 23.8 Å². The van der Waals surface area contributed by atoms with E-state index in [9.17, 15) is 24.6 Å². The summed E-state index contributed by atoms with van der Waals surface area (Å²) in [5.74, 6) is -1.79. The zero-order valence-corrected chi connectivity index (χ0v) is 24.9. The van der Waals surface area contributed by atoms with Gasteiger partial charge < -0.3 is 29.7 Å². The van der Waals surface area contributed by atoms with Crippen molar-refractivity contribution in [2.75, 3.05) is 19.8 Å². The van der Waals surface area contributed by atoms with E-state index in [0.29, 0.717) is 57.2 Å². The molecule has 2 aliphatic carbocycles. The lowest BCUT2D eigenvalue weighted by molar-refractivity contribution is -0.143. The van der Waals surface area contributed by atoms with Crippen molar-refractivity contribution in [2.45, 2.75) is 95.6 Å². The Labute approximate surface area is 253 Å². The average Bonchev–Trinajstić information content (AvgIpc) is 3.02. The van der Waals surface area contributed by atoms with Crippen LogP contribution in [0.4, 0.5) is 0 Å². The number of aryl methyl sites for hydroxylation is 1. The normalized spacial score (nSPS) is 19.0. The van der Waals surface area contributed by atoms with Crippen LogP contribution in [0.25, 0.3) is 0 Å². The molecule has 2 aromatic carbocycles. The maximum atomic E-state index is 13.1. The summed E-state index contributed by atoms with van der Waals surface area (Å²) in [6.45, 7) is 1.82. The van der Waals surface area contributed by atoms with Crippen LogP contribution in [0.2, 0.25) is 0 Å². The monoisotopic (exact) mass is 595 g/mol. The summed E-state index contributed by atoms with van der Waals surface area (Å²) in [7, 11) is 0. The Morgan fingerprint density at radius 1 is 0.791 bits per heavy atom. The Bertz CT molecular complexity index is 1190. The lowest BCUT2D eigenvalue weighted by atomic mass is 9.85. The van der Waals surface area contributed by atoms with Crippen molar-refractivity contribution in [2.24, 2.45) is 5.92 Å². The van der Waals surface area contributed by atoms with Gasteiger partial charge >= 0.3 is 11.9 Å². The van der Waals surface area contributed by atoms with Gasteiger partial charge in [0.25, 0.3) is 5.91 Å². The van der Waals surface area contributed by atoms with Crippen molar-refractivity contribution < 1.29 is 38.8 Å². The number of carboxylic acids is 2. The van der Waals surface area contributed by atoms with Gasteiger partial charge in [0.15, 0.2) is 0 Å². The quantitative estimate of drug-likeness (QED) is 0.193. The first-order valence-electron chi connectivity index (χ1n) is 15.8. The molecule has 0 aliphatic heterocycles. The highest BCUT2D eigenvalue weighted by Gasteiger charge is 2.29. The van der Waals surface area contributed by atoms with Crippen molar-refractivity contribution in [1.82, 2.24) is 5.32 Å². The van der Waals surface area contributed by atoms with E-state index >= 15 is 0 Å². The highest BCUT2D eigenvalue weighted by molar-refractivity contribution is 6.00. The number of benzene rings is 2. The number of nitrogens with one attached hydrogen (secondary N) is 1. The van der Waals surface area contributed by atoms with Crippen LogP contribution in [0.15, 0.2) is 42.5 Å². The van der Waals surface area contributed by atoms with Gasteiger partial charge in [-0.25, -0.2) is 4.79 Å². The molecule has 9 nitrogen and oxygen atoms in total. The van der Waals surface area contributed by atoms with Crippen molar-refractivity contribution in [3.8, 4) is 11.5 Å². The van der Waals surface area contributed by atoms with Gasteiger partial charge in [-0.2, -0.15) is 0 Å². The van der Waals surface area contributed by atoms with E-state index in [1.54, 1.807) is 0 Å². The minimum absolute atomic E-state index is 0.0142. The zero-order valence-electron chi connectivity index (χ0n) is 24.9. The van der Waals surface area contributed by atoms with Gasteiger partial charge in [-0.1, -0.05) is 37.8 Å². The van der Waals surface area contributed by atoms with E-state index in [2.05, 4.69) is 5.32 Å². The minimum atomic E-state index is -1.14. The molecular weight excluding hydrogens is 550 g/mol. The predicted octanol–water partition coefficient (Wildman–Crippen LogP) is 6.28. The summed E-state index contributed by atoms with van der Waals surface area (Å²) in [5, 5.41) is 21.7. The molecule has 2 aliphatic rings. The van der Waals surface area contributed by atoms with Crippen LogP contribution < -0.4 is 14.8 Å². The predicted molar refractivity (Wildman–Crippen MR) is 162 cm³/mol. The van der Waals surface area contributed by atoms with Gasteiger partial charge in [0, 0.05) is 12.6 Å². The summed E-state index contributed by atoms with van der Waals surface area (Å²) in [4.78, 5) is 36.1. The Balaban J connectivity index is 1.19. The van der Waals surface area contributed by atoms with E-state index in [0.717, 1.165) is 37.2 Å². The molecule has 0 bridgehead atoms. The van der Waals surface area contributed by atoms with Crippen molar-refractivity contribution in [1.29, 1.82) is 0 Å². The molecular formula is C34H45NO8. The fourth-order valence-electron chi connectivity index (χ4n) is 5.86. The molecule has 2 fully saturated rings. The number of unbranched alkanes of at least 4 members (excludes halogenated alkanes) is 1. The van der Waals surface area contributed by atoms with Crippen LogP contribution >= 0.6 is 0 Å². The number of amides is 1. The Kier molecular flexibility index (Phi) is 12.7. The Morgan fingerprint density at radius 2 is 1.53 bits per heavy atom. The van der Waals surface area contributed by atoms with Crippen LogP contribution in [0.3, 0.4) is 0 Å². The summed E-state index contributed by atoms with van der Waals surface area (Å²) in [5.41, 5.74) is 1.26. The minimum Gasteiger partial charge on any atom is -0.494 e. The van der Waals surface area contributed by atoms with Crippen molar-refractivity contribution in [3.05, 3.63) is 59.2 Å². The SMILES string of the molecule is O=C(O)c1ccc(OCCCc2ccc(OCCCCOC3CCCCC3)cc2)c(C(=O)N[C@@H]2CCC[C@@H](C(=O)O)C2)c1. The number of carboxylic acid groups (broad SMARTS) is 2. The average molecular weight is 596 g/mol. The number of rotatable bonds is 16. The van der Waals surface area contributed by atoms with Crippen LogP contribution in [0.5, 0.6) is 11.5 Å². The molecule has 2 saturated carbocycles. The number of aromatic carboxylic acids is 1. The summed E-state index contributed by atoms with van der Waals surface area (Å²) in [6, 6.07) is 12.0. The van der Waals surface area contributed by atoms with E-state index in [1.807, 2.05) is 24.3 Å². The molecule has 1 amide bonds. The van der Waals surface area contributed by atoms with E-state index in [-0.39, 0.29) is 17.2 Å². The number of hydrogen-bond donors (Lipinski definition) is 3. The summed E-state index contributed by atoms with van der Waals surface area (Å²) in [6.07, 6.45) is 12.6. The van der Waals surface area contributed by atoms with Gasteiger partial charge in [-0.15, -0.1) is 0 Å². The number of carbonyl (C=O) groups is 3. The lowest BCUT2D eigenvalue weighted by Gasteiger charge is -2.27. The van der Waals surface area contributed by atoms with Crippen molar-refractivity contribution in [3.63, 3.8) is 0 Å². The molecule has 234 valence electrons. The van der Waals surface area contributed by atoms with E-state index in [4.69, 9.17) is 14.2 Å². The second kappa shape index (κ2) is 16.9. The highest BCUT2D eigenvalue weighted by Crippen LogP contribution is 2.27. The molecule has 3 N–H and O–H groups in total. The Morgan fingerprint density at radius 3 is 2.28 bits per heavy atom. The third kappa shape index (κ3) is 10.6. The first-order chi connectivity index (χ1) is 20.9. The smallest absolute Gasteiger partial charge is 0.335 e. The summed E-state index contributed by atoms with van der Waals surface area (Å²) >= 11 is 0. The molecule has 43 heavy (non-hydrogen) atoms. The molecule has 0 heterocycles. The Hall–Kier alpha value is -3.59. The number of ether oxygens (including phenoxy) is 3.